The summed E-state index contributed by atoms with van der Waals surface area (Å²) in [5.74, 6) is 1.15. The second kappa shape index (κ2) is 9.03. The monoisotopic (exact) mass is 396 g/mol. The van der Waals surface area contributed by atoms with Crippen LogP contribution in [0.1, 0.15) is 62.1 Å². The summed E-state index contributed by atoms with van der Waals surface area (Å²) in [5, 5.41) is 0.906. The zero-order valence-electron chi connectivity index (χ0n) is 17.3. The number of benzene rings is 1. The number of nitrogens with two attached hydrogens (primary N) is 1. The van der Waals surface area contributed by atoms with Crippen LogP contribution in [0.2, 0.25) is 0 Å². The van der Waals surface area contributed by atoms with Gasteiger partial charge in [-0.2, -0.15) is 0 Å². The zero-order chi connectivity index (χ0) is 21.0. The van der Waals surface area contributed by atoms with Gasteiger partial charge >= 0.3 is 5.97 Å². The Hall–Kier alpha value is -2.96. The average Bonchev–Trinajstić information content (AvgIpc) is 3.07. The third-order valence-corrected chi connectivity index (χ3v) is 5.12. The number of fused-ring (bicyclic) bond motifs is 3. The number of nitrogen functional groups attached to an aromatic ring is 1. The number of unbranched alkanes of at least 4 members (excludes halogenated alkanes) is 2. The van der Waals surface area contributed by atoms with Crippen molar-refractivity contribution in [1.82, 2.24) is 14.5 Å². The van der Waals surface area contributed by atoms with Crippen molar-refractivity contribution >= 4 is 39.5 Å². The number of aryl methyl sites for hydroxylation is 2. The Labute approximate surface area is 170 Å². The highest BCUT2D eigenvalue weighted by atomic mass is 16.5. The molecule has 3 aromatic rings. The largest absolute Gasteiger partial charge is 0.465 e. The molecule has 0 spiro atoms. The van der Waals surface area contributed by atoms with Crippen LogP contribution in [0.25, 0.3) is 21.9 Å². The Bertz CT molecular complexity index is 1060. The standard InChI is InChI=1S/C22H28N4O3/c1-4-5-9-18-25-19-20(26(18)12-7-6-8-14(2)27)16-11-10-15(22(28)29-3)13-17(16)24-21(19)23/h10-11,13H,4-9,12H2,1-3H3,(H2,23,24). The van der Waals surface area contributed by atoms with Crippen LogP contribution < -0.4 is 5.73 Å². The van der Waals surface area contributed by atoms with Gasteiger partial charge in [-0.25, -0.2) is 14.8 Å². The summed E-state index contributed by atoms with van der Waals surface area (Å²) < 4.78 is 7.03. The minimum absolute atomic E-state index is 0.209. The highest BCUT2D eigenvalue weighted by Crippen LogP contribution is 2.30. The summed E-state index contributed by atoms with van der Waals surface area (Å²) in [6.07, 6.45) is 5.28. The first-order valence-corrected chi connectivity index (χ1v) is 10.1. The van der Waals surface area contributed by atoms with E-state index >= 15 is 0 Å². The molecule has 0 radical (unpaired) electrons. The smallest absolute Gasteiger partial charge is 0.337 e. The predicted molar refractivity (Wildman–Crippen MR) is 114 cm³/mol. The molecular weight excluding hydrogens is 368 g/mol. The first kappa shape index (κ1) is 20.8. The fourth-order valence-corrected chi connectivity index (χ4v) is 3.61. The van der Waals surface area contributed by atoms with E-state index in [-0.39, 0.29) is 5.78 Å². The summed E-state index contributed by atoms with van der Waals surface area (Å²) in [5.41, 5.74) is 8.95. The maximum absolute atomic E-state index is 11.9. The molecule has 29 heavy (non-hydrogen) atoms. The molecule has 0 saturated carbocycles. The lowest BCUT2D eigenvalue weighted by Crippen LogP contribution is -2.06. The van der Waals surface area contributed by atoms with E-state index in [0.29, 0.717) is 28.8 Å². The molecule has 3 rings (SSSR count). The molecular formula is C22H28N4O3. The van der Waals surface area contributed by atoms with Crippen LogP contribution in [0.4, 0.5) is 5.82 Å². The molecule has 0 atom stereocenters. The van der Waals surface area contributed by atoms with Crippen LogP contribution in [-0.2, 0) is 22.5 Å². The number of carbonyl (C=O) groups is 2. The topological polar surface area (TPSA) is 100 Å². The SMILES string of the molecule is CCCCc1nc2c(N)nc3cc(C(=O)OC)ccc3c2n1CCCCC(C)=O. The Kier molecular flexibility index (Phi) is 6.46. The van der Waals surface area contributed by atoms with Gasteiger partial charge in [0.15, 0.2) is 5.82 Å². The number of rotatable bonds is 9. The van der Waals surface area contributed by atoms with Gasteiger partial charge in [0.25, 0.3) is 0 Å². The maximum Gasteiger partial charge on any atom is 0.337 e. The Morgan fingerprint density at radius 3 is 2.66 bits per heavy atom. The van der Waals surface area contributed by atoms with Gasteiger partial charge in [0.2, 0.25) is 0 Å². The number of pyridine rings is 1. The van der Waals surface area contributed by atoms with Gasteiger partial charge in [-0.05, 0) is 44.4 Å². The van der Waals surface area contributed by atoms with Crippen LogP contribution in [0.15, 0.2) is 18.2 Å². The summed E-state index contributed by atoms with van der Waals surface area (Å²) in [6.45, 7) is 4.54. The van der Waals surface area contributed by atoms with Crippen molar-refractivity contribution in [1.29, 1.82) is 0 Å². The van der Waals surface area contributed by atoms with Gasteiger partial charge in [-0.1, -0.05) is 13.3 Å². The third-order valence-electron chi connectivity index (χ3n) is 5.12. The van der Waals surface area contributed by atoms with Crippen LogP contribution in [0.3, 0.4) is 0 Å². The summed E-state index contributed by atoms with van der Waals surface area (Å²) in [4.78, 5) is 32.5. The lowest BCUT2D eigenvalue weighted by atomic mass is 10.1. The number of Topliss-reactive ketones (excluding diaryl/α,β-unsaturated/α-hetero) is 1. The van der Waals surface area contributed by atoms with Crippen molar-refractivity contribution in [2.45, 2.75) is 58.9 Å². The molecule has 0 unspecified atom stereocenters. The number of hydrogen-bond acceptors (Lipinski definition) is 6. The normalized spacial score (nSPS) is 11.3. The molecule has 2 aromatic heterocycles. The molecule has 154 valence electrons. The summed E-state index contributed by atoms with van der Waals surface area (Å²) in [7, 11) is 1.35. The quantitative estimate of drug-likeness (QED) is 0.432. The molecule has 7 nitrogen and oxygen atoms in total. The second-order valence-corrected chi connectivity index (χ2v) is 7.36. The van der Waals surface area contributed by atoms with Crippen molar-refractivity contribution in [2.24, 2.45) is 0 Å². The number of hydrogen-bond donors (Lipinski definition) is 1. The van der Waals surface area contributed by atoms with E-state index < -0.39 is 5.97 Å². The molecule has 0 fully saturated rings. The Morgan fingerprint density at radius 2 is 1.97 bits per heavy atom. The number of anilines is 1. The first-order valence-electron chi connectivity index (χ1n) is 10.1. The molecule has 2 N–H and O–H groups in total. The number of nitrogens with zero attached hydrogens (tertiary/aromatic N) is 3. The minimum atomic E-state index is -0.409. The third kappa shape index (κ3) is 4.39. The van der Waals surface area contributed by atoms with Gasteiger partial charge in [-0.15, -0.1) is 0 Å². The molecule has 0 amide bonds. The number of ether oxygens (including phenoxy) is 1. The van der Waals surface area contributed by atoms with Crippen molar-refractivity contribution in [3.63, 3.8) is 0 Å². The van der Waals surface area contributed by atoms with E-state index in [4.69, 9.17) is 15.5 Å². The number of ketones is 1. The maximum atomic E-state index is 11.9. The van der Waals surface area contributed by atoms with Crippen LogP contribution >= 0.6 is 0 Å². The lowest BCUT2D eigenvalue weighted by molar-refractivity contribution is -0.117. The van der Waals surface area contributed by atoms with Crippen molar-refractivity contribution < 1.29 is 14.3 Å². The van der Waals surface area contributed by atoms with E-state index in [1.54, 1.807) is 19.1 Å². The second-order valence-electron chi connectivity index (χ2n) is 7.36. The average molecular weight is 396 g/mol. The van der Waals surface area contributed by atoms with Crippen LogP contribution in [0, 0.1) is 0 Å². The zero-order valence-corrected chi connectivity index (χ0v) is 17.3. The van der Waals surface area contributed by atoms with E-state index in [0.717, 1.165) is 55.4 Å². The predicted octanol–water partition coefficient (Wildman–Crippen LogP) is 4.06. The van der Waals surface area contributed by atoms with Crippen molar-refractivity contribution in [2.75, 3.05) is 12.8 Å². The highest BCUT2D eigenvalue weighted by molar-refractivity contribution is 6.08. The number of carbonyl (C=O) groups excluding carboxylic acids is 2. The van der Waals surface area contributed by atoms with Gasteiger partial charge in [-0.3, -0.25) is 0 Å². The van der Waals surface area contributed by atoms with Crippen molar-refractivity contribution in [3.8, 4) is 0 Å². The van der Waals surface area contributed by atoms with Gasteiger partial charge in [0, 0.05) is 24.8 Å². The summed E-state index contributed by atoms with van der Waals surface area (Å²) in [6, 6.07) is 5.33. The van der Waals surface area contributed by atoms with E-state index in [1.807, 2.05) is 6.07 Å². The van der Waals surface area contributed by atoms with E-state index in [2.05, 4.69) is 16.5 Å². The van der Waals surface area contributed by atoms with Crippen LogP contribution in [-0.4, -0.2) is 33.4 Å². The number of methoxy groups -OCH3 is 1. The molecule has 0 aliphatic heterocycles. The number of aromatic nitrogens is 3. The minimum Gasteiger partial charge on any atom is -0.465 e. The van der Waals surface area contributed by atoms with Crippen LogP contribution in [0.5, 0.6) is 0 Å². The molecule has 0 aliphatic rings. The van der Waals surface area contributed by atoms with Crippen molar-refractivity contribution in [3.05, 3.63) is 29.6 Å². The Balaban J connectivity index is 2.12. The summed E-state index contributed by atoms with van der Waals surface area (Å²) >= 11 is 0. The number of esters is 1. The fraction of sp³-hybridized carbons (Fsp3) is 0.455. The van der Waals surface area contributed by atoms with E-state index in [9.17, 15) is 9.59 Å². The highest BCUT2D eigenvalue weighted by Gasteiger charge is 2.18. The lowest BCUT2D eigenvalue weighted by Gasteiger charge is -2.11. The van der Waals surface area contributed by atoms with Gasteiger partial charge in [0.05, 0.1) is 23.7 Å². The fourth-order valence-electron chi connectivity index (χ4n) is 3.61. The molecule has 2 heterocycles. The molecule has 0 saturated heterocycles. The molecule has 7 heteroatoms. The first-order chi connectivity index (χ1) is 14.0. The van der Waals surface area contributed by atoms with E-state index in [1.165, 1.54) is 7.11 Å². The van der Waals surface area contributed by atoms with Gasteiger partial charge < -0.3 is 19.8 Å². The Morgan fingerprint density at radius 1 is 1.17 bits per heavy atom. The molecule has 1 aromatic carbocycles. The molecule has 0 aliphatic carbocycles. The number of imidazole rings is 1. The molecule has 0 bridgehead atoms. The van der Waals surface area contributed by atoms with Gasteiger partial charge in [0.1, 0.15) is 17.1 Å².